The SMILES string of the molecule is CC(C)(C)C(NC(=O)COCCCCOc1ccc(-c2ccc(N3C(=S)N(c4ccc(C#N)c(C(F)(F)F)c4F)C(=O)C3(C)C)cn2)cc1)C(=O)N1COCC1C=O. The Morgan fingerprint density at radius 3 is 2.40 bits per heavy atom. The predicted molar refractivity (Wildman–Crippen MR) is 207 cm³/mol. The van der Waals surface area contributed by atoms with Gasteiger partial charge in [-0.2, -0.15) is 18.4 Å². The van der Waals surface area contributed by atoms with Gasteiger partial charge in [0, 0.05) is 12.2 Å². The van der Waals surface area contributed by atoms with E-state index in [1.165, 1.54) is 35.9 Å². The number of rotatable bonds is 14. The molecule has 2 aliphatic heterocycles. The average Bonchev–Trinajstić information content (AvgIpc) is 3.72. The molecular formula is C40H42F4N6O7S. The van der Waals surface area contributed by atoms with Crippen LogP contribution in [0.4, 0.5) is 28.9 Å². The van der Waals surface area contributed by atoms with Crippen LogP contribution in [-0.2, 0) is 34.8 Å². The Kier molecular flexibility index (Phi) is 13.2. The molecular weight excluding hydrogens is 785 g/mol. The number of pyridine rings is 1. The van der Waals surface area contributed by atoms with Crippen molar-refractivity contribution < 1.29 is 51.0 Å². The van der Waals surface area contributed by atoms with E-state index < -0.39 is 69.6 Å². The molecule has 18 heteroatoms. The van der Waals surface area contributed by atoms with E-state index in [1.807, 2.05) is 20.8 Å². The van der Waals surface area contributed by atoms with Crippen molar-refractivity contribution >= 4 is 52.7 Å². The van der Waals surface area contributed by atoms with Crippen LogP contribution in [0.2, 0.25) is 0 Å². The summed E-state index contributed by atoms with van der Waals surface area (Å²) in [5, 5.41) is 11.6. The Morgan fingerprint density at radius 1 is 1.10 bits per heavy atom. The lowest BCUT2D eigenvalue weighted by atomic mass is 9.85. The van der Waals surface area contributed by atoms with E-state index in [0.29, 0.717) is 47.8 Å². The second kappa shape index (κ2) is 17.5. The zero-order chi connectivity index (χ0) is 42.6. The number of nitrogens with one attached hydrogen (secondary N) is 1. The molecule has 0 aliphatic carbocycles. The first-order chi connectivity index (χ1) is 27.3. The molecule has 2 fully saturated rings. The van der Waals surface area contributed by atoms with Crippen molar-refractivity contribution in [2.45, 2.75) is 71.3 Å². The number of carbonyl (C=O) groups excluding carboxylic acids is 4. The number of benzene rings is 2. The highest BCUT2D eigenvalue weighted by atomic mass is 32.1. The van der Waals surface area contributed by atoms with Crippen molar-refractivity contribution in [1.82, 2.24) is 15.2 Å². The lowest BCUT2D eigenvalue weighted by Crippen LogP contribution is -2.56. The van der Waals surface area contributed by atoms with Crippen molar-refractivity contribution in [2.75, 3.05) is 43.0 Å². The molecule has 5 rings (SSSR count). The van der Waals surface area contributed by atoms with Gasteiger partial charge in [-0.05, 0) is 92.9 Å². The quantitative estimate of drug-likeness (QED) is 0.0910. The average molecular weight is 827 g/mol. The first-order valence-corrected chi connectivity index (χ1v) is 18.6. The summed E-state index contributed by atoms with van der Waals surface area (Å²) in [4.78, 5) is 58.5. The van der Waals surface area contributed by atoms with Crippen molar-refractivity contribution in [3.05, 3.63) is 71.7 Å². The summed E-state index contributed by atoms with van der Waals surface area (Å²) < 4.78 is 73.1. The van der Waals surface area contributed by atoms with Crippen molar-refractivity contribution in [3.63, 3.8) is 0 Å². The van der Waals surface area contributed by atoms with Gasteiger partial charge >= 0.3 is 6.18 Å². The van der Waals surface area contributed by atoms with E-state index >= 15 is 4.39 Å². The highest BCUT2D eigenvalue weighted by molar-refractivity contribution is 7.81. The van der Waals surface area contributed by atoms with Crippen LogP contribution in [0.1, 0.15) is 58.6 Å². The van der Waals surface area contributed by atoms with Gasteiger partial charge in [-0.1, -0.05) is 20.8 Å². The summed E-state index contributed by atoms with van der Waals surface area (Å²) >= 11 is 5.51. The van der Waals surface area contributed by atoms with Gasteiger partial charge in [0.25, 0.3) is 5.91 Å². The Bertz CT molecular complexity index is 2090. The first-order valence-electron chi connectivity index (χ1n) is 18.2. The van der Waals surface area contributed by atoms with Gasteiger partial charge in [-0.25, -0.2) is 4.39 Å². The largest absolute Gasteiger partial charge is 0.494 e. The maximum Gasteiger partial charge on any atom is 0.420 e. The molecule has 2 unspecified atom stereocenters. The van der Waals surface area contributed by atoms with Crippen molar-refractivity contribution in [2.24, 2.45) is 5.41 Å². The number of hydrogen-bond donors (Lipinski definition) is 1. The molecule has 58 heavy (non-hydrogen) atoms. The molecule has 0 saturated carbocycles. The van der Waals surface area contributed by atoms with Gasteiger partial charge in [0.15, 0.2) is 10.9 Å². The van der Waals surface area contributed by atoms with E-state index in [9.17, 15) is 32.3 Å². The number of hydrogen-bond acceptors (Lipinski definition) is 10. The molecule has 0 spiro atoms. The minimum absolute atomic E-state index is 0.0166. The highest BCUT2D eigenvalue weighted by Crippen LogP contribution is 2.42. The van der Waals surface area contributed by atoms with Crippen LogP contribution in [0.15, 0.2) is 54.7 Å². The Labute approximate surface area is 337 Å². The first kappa shape index (κ1) is 43.6. The molecule has 2 aliphatic rings. The Balaban J connectivity index is 1.10. The molecule has 1 aromatic heterocycles. The van der Waals surface area contributed by atoms with Gasteiger partial charge in [0.05, 0.1) is 48.1 Å². The number of carbonyl (C=O) groups is 4. The Morgan fingerprint density at radius 2 is 1.79 bits per heavy atom. The monoisotopic (exact) mass is 826 g/mol. The number of nitriles is 1. The second-order valence-corrected chi connectivity index (χ2v) is 15.5. The van der Waals surface area contributed by atoms with E-state index in [1.54, 1.807) is 36.4 Å². The third kappa shape index (κ3) is 9.27. The third-order valence-electron chi connectivity index (χ3n) is 9.55. The fourth-order valence-electron chi connectivity index (χ4n) is 6.44. The number of ether oxygens (including phenoxy) is 3. The molecule has 0 radical (unpaired) electrons. The number of unbranched alkanes of at least 4 members (excludes halogenated alkanes) is 1. The minimum atomic E-state index is -5.19. The van der Waals surface area contributed by atoms with E-state index in [0.717, 1.165) is 17.7 Å². The van der Waals surface area contributed by atoms with Crippen LogP contribution in [0.25, 0.3) is 11.3 Å². The number of alkyl halides is 3. The number of amides is 3. The summed E-state index contributed by atoms with van der Waals surface area (Å²) in [6, 6.07) is 11.9. The molecule has 3 amide bonds. The molecule has 3 heterocycles. The van der Waals surface area contributed by atoms with Crippen LogP contribution < -0.4 is 19.9 Å². The molecule has 2 aromatic carbocycles. The van der Waals surface area contributed by atoms with Gasteiger partial charge in [0.2, 0.25) is 11.8 Å². The molecule has 2 saturated heterocycles. The highest BCUT2D eigenvalue weighted by Gasteiger charge is 2.52. The summed E-state index contributed by atoms with van der Waals surface area (Å²) in [6.45, 7) is 8.97. The van der Waals surface area contributed by atoms with Crippen LogP contribution in [0.3, 0.4) is 0 Å². The molecule has 0 bridgehead atoms. The van der Waals surface area contributed by atoms with Gasteiger partial charge in [0.1, 0.15) is 48.6 Å². The smallest absolute Gasteiger partial charge is 0.420 e. The summed E-state index contributed by atoms with van der Waals surface area (Å²) in [6.07, 6.45) is -1.85. The predicted octanol–water partition coefficient (Wildman–Crippen LogP) is 5.79. The van der Waals surface area contributed by atoms with Crippen LogP contribution in [-0.4, -0.2) is 89.8 Å². The maximum absolute atomic E-state index is 15.4. The zero-order valence-corrected chi connectivity index (χ0v) is 33.2. The number of thiocarbonyl (C=S) groups is 1. The van der Waals surface area contributed by atoms with Crippen molar-refractivity contribution in [3.8, 4) is 23.1 Å². The van der Waals surface area contributed by atoms with Crippen LogP contribution in [0, 0.1) is 22.6 Å². The summed E-state index contributed by atoms with van der Waals surface area (Å²) in [5.74, 6) is -2.80. The van der Waals surface area contributed by atoms with Gasteiger partial charge in [-0.15, -0.1) is 0 Å². The topological polar surface area (TPSA) is 154 Å². The summed E-state index contributed by atoms with van der Waals surface area (Å²) in [7, 11) is 0. The van der Waals surface area contributed by atoms with E-state index in [2.05, 4.69) is 10.3 Å². The molecule has 1 N–H and O–H groups in total. The van der Waals surface area contributed by atoms with Gasteiger partial charge in [-0.3, -0.25) is 24.3 Å². The maximum atomic E-state index is 15.4. The molecule has 308 valence electrons. The van der Waals surface area contributed by atoms with Gasteiger partial charge < -0.3 is 34.1 Å². The number of anilines is 2. The lowest BCUT2D eigenvalue weighted by Gasteiger charge is -2.33. The van der Waals surface area contributed by atoms with E-state index in [4.69, 9.17) is 31.7 Å². The third-order valence-corrected chi connectivity index (χ3v) is 9.92. The van der Waals surface area contributed by atoms with Crippen molar-refractivity contribution in [1.29, 1.82) is 5.26 Å². The number of aldehydes is 1. The minimum Gasteiger partial charge on any atom is -0.494 e. The van der Waals surface area contributed by atoms with Crippen LogP contribution >= 0.6 is 12.2 Å². The normalized spacial score (nSPS) is 17.3. The fraction of sp³-hybridized carbons (Fsp3) is 0.425. The zero-order valence-electron chi connectivity index (χ0n) is 32.4. The fourth-order valence-corrected chi connectivity index (χ4v) is 6.95. The molecule has 2 atom stereocenters. The number of halogens is 4. The number of nitrogens with zero attached hydrogens (tertiary/aromatic N) is 5. The Hall–Kier alpha value is -5.51. The second-order valence-electron chi connectivity index (χ2n) is 15.2. The lowest BCUT2D eigenvalue weighted by molar-refractivity contribution is -0.143. The molecule has 3 aromatic rings. The number of aromatic nitrogens is 1. The standard InChI is InChI=1S/C40H42F4N6O7S/c1-38(2,3)34(35(53)48-23-56-21-27(48)20-51)47-31(52)22-55-16-6-7-17-57-28-12-8-24(9-13-28)29-14-11-26(19-46-29)50-37(58)49(36(54)39(50,4)5)30-15-10-25(18-45)32(33(30)41)40(42,43)44/h8-15,19-20,27,34H,6-7,16-17,21-23H2,1-5H3,(H,47,52). The summed E-state index contributed by atoms with van der Waals surface area (Å²) in [5.41, 5.74) is -3.83. The van der Waals surface area contributed by atoms with Crippen LogP contribution in [0.5, 0.6) is 5.75 Å². The molecule has 13 nitrogen and oxygen atoms in total. The van der Waals surface area contributed by atoms with E-state index in [-0.39, 0.29) is 31.7 Å².